The van der Waals surface area contributed by atoms with Crippen LogP contribution in [0.3, 0.4) is 0 Å². The maximum absolute atomic E-state index is 5.89. The summed E-state index contributed by atoms with van der Waals surface area (Å²) in [5.74, 6) is 0.897. The number of benzene rings is 2. The van der Waals surface area contributed by atoms with E-state index in [-0.39, 0.29) is 12.4 Å². The van der Waals surface area contributed by atoms with Gasteiger partial charge in [0.05, 0.1) is 12.7 Å². The molecule has 1 fully saturated rings. The van der Waals surface area contributed by atoms with Crippen molar-refractivity contribution in [3.63, 3.8) is 0 Å². The van der Waals surface area contributed by atoms with Gasteiger partial charge in [0.25, 0.3) is 0 Å². The van der Waals surface area contributed by atoms with Gasteiger partial charge in [0, 0.05) is 18.7 Å². The van der Waals surface area contributed by atoms with Crippen LogP contribution < -0.4 is 10.1 Å². The average molecular weight is 299 g/mol. The van der Waals surface area contributed by atoms with Gasteiger partial charge in [-0.1, -0.05) is 48.5 Å². The van der Waals surface area contributed by atoms with Gasteiger partial charge in [0.2, 0.25) is 0 Å². The van der Waals surface area contributed by atoms with Crippen LogP contribution in [-0.2, 0) is 9.47 Å². The van der Waals surface area contributed by atoms with Crippen molar-refractivity contribution in [2.45, 2.75) is 12.4 Å². The summed E-state index contributed by atoms with van der Waals surface area (Å²) < 4.78 is 17.2. The fourth-order valence-corrected chi connectivity index (χ4v) is 2.36. The molecule has 0 radical (unpaired) electrons. The zero-order valence-corrected chi connectivity index (χ0v) is 12.5. The van der Waals surface area contributed by atoms with Gasteiger partial charge in [0.15, 0.2) is 6.29 Å². The van der Waals surface area contributed by atoms with Crippen LogP contribution >= 0.6 is 0 Å². The second kappa shape index (κ2) is 7.94. The molecule has 0 spiro atoms. The summed E-state index contributed by atoms with van der Waals surface area (Å²) in [6, 6.07) is 19.9. The van der Waals surface area contributed by atoms with Crippen molar-refractivity contribution in [3.8, 4) is 5.75 Å². The first-order valence-corrected chi connectivity index (χ1v) is 7.62. The van der Waals surface area contributed by atoms with Gasteiger partial charge < -0.3 is 19.5 Å². The lowest BCUT2D eigenvalue weighted by molar-refractivity contribution is -0.0596. The molecule has 22 heavy (non-hydrogen) atoms. The van der Waals surface area contributed by atoms with E-state index in [2.05, 4.69) is 5.32 Å². The summed E-state index contributed by atoms with van der Waals surface area (Å²) in [7, 11) is 0. The van der Waals surface area contributed by atoms with Gasteiger partial charge in [-0.05, 0) is 12.1 Å². The Balaban J connectivity index is 1.32. The molecule has 0 saturated carbocycles. The van der Waals surface area contributed by atoms with E-state index in [0.717, 1.165) is 24.4 Å². The van der Waals surface area contributed by atoms with Crippen molar-refractivity contribution >= 4 is 0 Å². The number of hydrogen-bond acceptors (Lipinski definition) is 4. The molecule has 1 heterocycles. The molecule has 1 aliphatic rings. The number of hydrogen-bond donors (Lipinski definition) is 1. The zero-order chi connectivity index (χ0) is 15.0. The van der Waals surface area contributed by atoms with Gasteiger partial charge in [-0.3, -0.25) is 0 Å². The van der Waals surface area contributed by atoms with E-state index < -0.39 is 0 Å². The van der Waals surface area contributed by atoms with Crippen LogP contribution in [-0.4, -0.2) is 32.4 Å². The first-order chi connectivity index (χ1) is 10.9. The Kier molecular flexibility index (Phi) is 5.42. The predicted octanol–water partition coefficient (Wildman–Crippen LogP) is 2.77. The highest BCUT2D eigenvalue weighted by molar-refractivity contribution is 5.20. The minimum Gasteiger partial charge on any atom is -0.492 e. The summed E-state index contributed by atoms with van der Waals surface area (Å²) in [6.45, 7) is 2.80. The Morgan fingerprint density at radius 3 is 2.50 bits per heavy atom. The smallest absolute Gasteiger partial charge is 0.184 e. The summed E-state index contributed by atoms with van der Waals surface area (Å²) in [5, 5.41) is 3.34. The van der Waals surface area contributed by atoms with E-state index in [9.17, 15) is 0 Å². The topological polar surface area (TPSA) is 39.7 Å². The van der Waals surface area contributed by atoms with Crippen molar-refractivity contribution in [1.82, 2.24) is 5.32 Å². The molecule has 2 atom stereocenters. The van der Waals surface area contributed by atoms with Gasteiger partial charge in [-0.2, -0.15) is 0 Å². The largest absolute Gasteiger partial charge is 0.492 e. The van der Waals surface area contributed by atoms with Crippen LogP contribution in [0, 0.1) is 0 Å². The maximum atomic E-state index is 5.89. The molecular weight excluding hydrogens is 278 g/mol. The third-order valence-electron chi connectivity index (χ3n) is 3.48. The number of rotatable bonds is 7. The van der Waals surface area contributed by atoms with Gasteiger partial charge in [0.1, 0.15) is 12.4 Å². The van der Waals surface area contributed by atoms with E-state index in [1.807, 2.05) is 60.7 Å². The van der Waals surface area contributed by atoms with Gasteiger partial charge >= 0.3 is 0 Å². The Morgan fingerprint density at radius 2 is 1.73 bits per heavy atom. The molecule has 0 amide bonds. The van der Waals surface area contributed by atoms with Crippen LogP contribution in [0.1, 0.15) is 11.9 Å². The van der Waals surface area contributed by atoms with Crippen LogP contribution in [0.2, 0.25) is 0 Å². The first-order valence-electron chi connectivity index (χ1n) is 7.62. The molecule has 0 unspecified atom stereocenters. The molecule has 0 bridgehead atoms. The van der Waals surface area contributed by atoms with E-state index >= 15 is 0 Å². The van der Waals surface area contributed by atoms with Crippen LogP contribution in [0.25, 0.3) is 0 Å². The Labute approximate surface area is 131 Å². The molecule has 4 heteroatoms. The lowest BCUT2D eigenvalue weighted by atomic mass is 10.2. The van der Waals surface area contributed by atoms with Crippen molar-refractivity contribution < 1.29 is 14.2 Å². The van der Waals surface area contributed by atoms with E-state index in [4.69, 9.17) is 14.2 Å². The molecule has 2 aromatic rings. The van der Waals surface area contributed by atoms with Crippen LogP contribution in [0.4, 0.5) is 0 Å². The second-order valence-corrected chi connectivity index (χ2v) is 5.20. The highest BCUT2D eigenvalue weighted by atomic mass is 16.7. The fraction of sp³-hybridized carbons (Fsp3) is 0.333. The average Bonchev–Trinajstić information content (AvgIpc) is 3.05. The quantitative estimate of drug-likeness (QED) is 0.798. The fourth-order valence-electron chi connectivity index (χ4n) is 2.36. The highest BCUT2D eigenvalue weighted by Gasteiger charge is 2.26. The number of nitrogens with one attached hydrogen (secondary N) is 1. The third kappa shape index (κ3) is 4.31. The predicted molar refractivity (Wildman–Crippen MR) is 84.8 cm³/mol. The van der Waals surface area contributed by atoms with Crippen molar-refractivity contribution in [2.75, 3.05) is 26.3 Å². The van der Waals surface area contributed by atoms with E-state index in [0.29, 0.717) is 13.2 Å². The normalized spacial score (nSPS) is 20.9. The van der Waals surface area contributed by atoms with E-state index in [1.54, 1.807) is 0 Å². The Hall–Kier alpha value is -1.88. The summed E-state index contributed by atoms with van der Waals surface area (Å²) in [5.41, 5.74) is 1.07. The molecule has 0 aliphatic carbocycles. The second-order valence-electron chi connectivity index (χ2n) is 5.20. The lowest BCUT2D eigenvalue weighted by Gasteiger charge is -2.12. The lowest BCUT2D eigenvalue weighted by Crippen LogP contribution is -2.31. The van der Waals surface area contributed by atoms with Gasteiger partial charge in [-0.25, -0.2) is 0 Å². The Bertz CT molecular complexity index is 547. The Morgan fingerprint density at radius 1 is 1.00 bits per heavy atom. The minimum atomic E-state index is -0.242. The number of para-hydroxylation sites is 1. The first kappa shape index (κ1) is 15.0. The van der Waals surface area contributed by atoms with Crippen molar-refractivity contribution in [1.29, 1.82) is 0 Å². The monoisotopic (exact) mass is 299 g/mol. The molecule has 1 aliphatic heterocycles. The van der Waals surface area contributed by atoms with E-state index in [1.165, 1.54) is 0 Å². The number of ether oxygens (including phenoxy) is 3. The summed E-state index contributed by atoms with van der Waals surface area (Å²) >= 11 is 0. The minimum absolute atomic E-state index is 0.0851. The van der Waals surface area contributed by atoms with Crippen molar-refractivity contribution in [2.24, 2.45) is 0 Å². The molecule has 1 saturated heterocycles. The standard InChI is InChI=1S/C18H21NO3/c1-3-7-15(8-4-1)18-21-14-17(22-18)13-19-11-12-20-16-9-5-2-6-10-16/h1-10,17-19H,11-14H2/t17-,18+/m0/s1. The molecule has 0 aromatic heterocycles. The van der Waals surface area contributed by atoms with Crippen LogP contribution in [0.15, 0.2) is 60.7 Å². The summed E-state index contributed by atoms with van der Waals surface area (Å²) in [6.07, 6.45) is -0.157. The highest BCUT2D eigenvalue weighted by Crippen LogP contribution is 2.26. The third-order valence-corrected chi connectivity index (χ3v) is 3.48. The molecule has 1 N–H and O–H groups in total. The molecule has 4 nitrogen and oxygen atoms in total. The zero-order valence-electron chi connectivity index (χ0n) is 12.5. The molecule has 3 rings (SSSR count). The SMILES string of the molecule is c1ccc(OCCNC[C@H]2CO[C@@H](c3ccccc3)O2)cc1. The maximum Gasteiger partial charge on any atom is 0.184 e. The van der Waals surface area contributed by atoms with Crippen molar-refractivity contribution in [3.05, 3.63) is 66.2 Å². The summed E-state index contributed by atoms with van der Waals surface area (Å²) in [4.78, 5) is 0. The molecular formula is C18H21NO3. The van der Waals surface area contributed by atoms with Crippen LogP contribution in [0.5, 0.6) is 5.75 Å². The molecule has 116 valence electrons. The molecule has 2 aromatic carbocycles. The van der Waals surface area contributed by atoms with Gasteiger partial charge in [-0.15, -0.1) is 0 Å².